The molecule has 0 aliphatic rings. The lowest BCUT2D eigenvalue weighted by Gasteiger charge is -2.16. The zero-order chi connectivity index (χ0) is 15.6. The first-order chi connectivity index (χ1) is 9.02. The molecule has 0 amide bonds. The highest BCUT2D eigenvalue weighted by molar-refractivity contribution is 7.90. The summed E-state index contributed by atoms with van der Waals surface area (Å²) in [5, 5.41) is 2.99. The standard InChI is InChI=1S/C12H20N2O4S2/c1-10(9-19(4,15)16)13-11-6-5-7-12(8-11)20(17,18)14(2)3/h5-8,10,13H,9H2,1-4H3. The first-order valence-electron chi connectivity index (χ1n) is 5.99. The van der Waals surface area contributed by atoms with Crippen LogP contribution < -0.4 is 5.32 Å². The van der Waals surface area contributed by atoms with Crippen LogP contribution in [0, 0.1) is 0 Å². The van der Waals surface area contributed by atoms with E-state index < -0.39 is 19.9 Å². The molecule has 1 atom stereocenters. The molecule has 0 aromatic heterocycles. The fraction of sp³-hybridized carbons (Fsp3) is 0.500. The predicted octanol–water partition coefficient (Wildman–Crippen LogP) is 0.782. The maximum Gasteiger partial charge on any atom is 0.242 e. The van der Waals surface area contributed by atoms with E-state index in [1.54, 1.807) is 19.1 Å². The van der Waals surface area contributed by atoms with E-state index in [4.69, 9.17) is 0 Å². The summed E-state index contributed by atoms with van der Waals surface area (Å²) in [4.78, 5) is 0.166. The van der Waals surface area contributed by atoms with Crippen molar-refractivity contribution in [2.45, 2.75) is 17.9 Å². The molecule has 0 aliphatic heterocycles. The summed E-state index contributed by atoms with van der Waals surface area (Å²) < 4.78 is 47.5. The van der Waals surface area contributed by atoms with Crippen LogP contribution >= 0.6 is 0 Å². The van der Waals surface area contributed by atoms with E-state index in [0.717, 1.165) is 10.6 Å². The summed E-state index contributed by atoms with van der Waals surface area (Å²) in [5.74, 6) is -0.0162. The fourth-order valence-electron chi connectivity index (χ4n) is 1.74. The topological polar surface area (TPSA) is 83.5 Å². The fourth-order valence-corrected chi connectivity index (χ4v) is 3.68. The smallest absolute Gasteiger partial charge is 0.242 e. The van der Waals surface area contributed by atoms with Crippen LogP contribution in [0.2, 0.25) is 0 Å². The van der Waals surface area contributed by atoms with Crippen molar-refractivity contribution in [2.75, 3.05) is 31.4 Å². The second kappa shape index (κ2) is 6.11. The molecule has 0 aliphatic carbocycles. The zero-order valence-corrected chi connectivity index (χ0v) is 13.6. The summed E-state index contributed by atoms with van der Waals surface area (Å²) >= 11 is 0. The number of anilines is 1. The maximum absolute atomic E-state index is 12.0. The van der Waals surface area contributed by atoms with Gasteiger partial charge in [0.1, 0.15) is 9.84 Å². The van der Waals surface area contributed by atoms with Crippen molar-refractivity contribution < 1.29 is 16.8 Å². The van der Waals surface area contributed by atoms with E-state index in [9.17, 15) is 16.8 Å². The third-order valence-corrected chi connectivity index (χ3v) is 5.50. The Morgan fingerprint density at radius 1 is 1.20 bits per heavy atom. The van der Waals surface area contributed by atoms with E-state index in [2.05, 4.69) is 5.32 Å². The Hall–Kier alpha value is -1.12. The minimum absolute atomic E-state index is 0.0162. The summed E-state index contributed by atoms with van der Waals surface area (Å²) in [5.41, 5.74) is 0.573. The van der Waals surface area contributed by atoms with Gasteiger partial charge in [-0.15, -0.1) is 0 Å². The van der Waals surface area contributed by atoms with Crippen LogP contribution in [0.4, 0.5) is 5.69 Å². The van der Waals surface area contributed by atoms with Crippen molar-refractivity contribution in [3.05, 3.63) is 24.3 Å². The highest BCUT2D eigenvalue weighted by atomic mass is 32.2. The van der Waals surface area contributed by atoms with Crippen molar-refractivity contribution in [2.24, 2.45) is 0 Å². The molecule has 114 valence electrons. The van der Waals surface area contributed by atoms with Gasteiger partial charge in [0.2, 0.25) is 10.0 Å². The second-order valence-corrected chi connectivity index (χ2v) is 9.29. The average molecular weight is 320 g/mol. The molecule has 0 fully saturated rings. The third kappa shape index (κ3) is 4.77. The molecule has 0 spiro atoms. The lowest BCUT2D eigenvalue weighted by atomic mass is 10.3. The highest BCUT2D eigenvalue weighted by Crippen LogP contribution is 2.18. The first kappa shape index (κ1) is 16.9. The molecule has 0 radical (unpaired) electrons. The Balaban J connectivity index is 2.95. The molecule has 1 N–H and O–H groups in total. The first-order valence-corrected chi connectivity index (χ1v) is 9.49. The van der Waals surface area contributed by atoms with Crippen LogP contribution in [0.3, 0.4) is 0 Å². The lowest BCUT2D eigenvalue weighted by Crippen LogP contribution is -2.25. The van der Waals surface area contributed by atoms with Crippen molar-refractivity contribution >= 4 is 25.5 Å². The Bertz CT molecular complexity index is 666. The molecule has 0 saturated carbocycles. The van der Waals surface area contributed by atoms with E-state index in [1.807, 2.05) is 0 Å². The maximum atomic E-state index is 12.0. The summed E-state index contributed by atoms with van der Waals surface area (Å²) in [7, 11) is -3.66. The van der Waals surface area contributed by atoms with Crippen LogP contribution in [0.25, 0.3) is 0 Å². The van der Waals surface area contributed by atoms with Crippen LogP contribution in [-0.4, -0.2) is 53.3 Å². The monoisotopic (exact) mass is 320 g/mol. The van der Waals surface area contributed by atoms with Crippen LogP contribution in [0.5, 0.6) is 0 Å². The van der Waals surface area contributed by atoms with Gasteiger partial charge < -0.3 is 5.32 Å². The minimum atomic E-state index is -3.50. The summed E-state index contributed by atoms with van der Waals surface area (Å²) in [6.07, 6.45) is 1.16. The lowest BCUT2D eigenvalue weighted by molar-refractivity contribution is 0.520. The van der Waals surface area contributed by atoms with Crippen molar-refractivity contribution in [3.8, 4) is 0 Å². The van der Waals surface area contributed by atoms with Gasteiger partial charge in [-0.05, 0) is 25.1 Å². The molecule has 0 saturated heterocycles. The van der Waals surface area contributed by atoms with E-state index in [1.165, 1.54) is 26.2 Å². The van der Waals surface area contributed by atoms with Crippen LogP contribution in [0.15, 0.2) is 29.2 Å². The van der Waals surface area contributed by atoms with Gasteiger partial charge >= 0.3 is 0 Å². The second-order valence-electron chi connectivity index (χ2n) is 4.95. The third-order valence-electron chi connectivity index (χ3n) is 2.58. The zero-order valence-electron chi connectivity index (χ0n) is 12.0. The Kier molecular flexibility index (Phi) is 5.17. The SMILES string of the molecule is CC(CS(C)(=O)=O)Nc1cccc(S(=O)(=O)N(C)C)c1. The summed E-state index contributed by atoms with van der Waals surface area (Å²) in [6.45, 7) is 1.73. The number of sulfone groups is 1. The van der Waals surface area contributed by atoms with E-state index >= 15 is 0 Å². The molecule has 0 heterocycles. The molecule has 1 unspecified atom stereocenters. The molecular formula is C12H20N2O4S2. The van der Waals surface area contributed by atoms with Crippen molar-refractivity contribution in [1.29, 1.82) is 0 Å². The Morgan fingerprint density at radius 3 is 2.30 bits per heavy atom. The quantitative estimate of drug-likeness (QED) is 0.837. The Morgan fingerprint density at radius 2 is 1.80 bits per heavy atom. The van der Waals surface area contributed by atoms with Gasteiger partial charge in [0.15, 0.2) is 0 Å². The van der Waals surface area contributed by atoms with Gasteiger partial charge in [0, 0.05) is 32.1 Å². The summed E-state index contributed by atoms with van der Waals surface area (Å²) in [6, 6.07) is 6.01. The predicted molar refractivity (Wildman–Crippen MR) is 80.1 cm³/mol. The van der Waals surface area contributed by atoms with E-state index in [0.29, 0.717) is 5.69 Å². The molecule has 20 heavy (non-hydrogen) atoms. The van der Waals surface area contributed by atoms with Crippen molar-refractivity contribution in [1.82, 2.24) is 4.31 Å². The van der Waals surface area contributed by atoms with Gasteiger partial charge in [-0.25, -0.2) is 21.1 Å². The van der Waals surface area contributed by atoms with Crippen LogP contribution in [0.1, 0.15) is 6.92 Å². The largest absolute Gasteiger partial charge is 0.382 e. The number of sulfonamides is 1. The minimum Gasteiger partial charge on any atom is -0.382 e. The molecule has 1 aromatic carbocycles. The number of nitrogens with zero attached hydrogens (tertiary/aromatic N) is 1. The van der Waals surface area contributed by atoms with Gasteiger partial charge in [-0.1, -0.05) is 6.07 Å². The number of benzene rings is 1. The average Bonchev–Trinajstić information content (AvgIpc) is 2.26. The molecule has 1 aromatic rings. The van der Waals surface area contributed by atoms with Gasteiger partial charge in [0.05, 0.1) is 10.6 Å². The van der Waals surface area contributed by atoms with E-state index in [-0.39, 0.29) is 16.7 Å². The Labute approximate surface area is 120 Å². The van der Waals surface area contributed by atoms with Gasteiger partial charge in [-0.3, -0.25) is 0 Å². The van der Waals surface area contributed by atoms with Gasteiger partial charge in [-0.2, -0.15) is 0 Å². The number of hydrogen-bond donors (Lipinski definition) is 1. The molecular weight excluding hydrogens is 300 g/mol. The number of hydrogen-bond acceptors (Lipinski definition) is 5. The number of nitrogens with one attached hydrogen (secondary N) is 1. The normalized spacial score (nSPS) is 14.2. The molecule has 0 bridgehead atoms. The highest BCUT2D eigenvalue weighted by Gasteiger charge is 2.18. The molecule has 1 rings (SSSR count). The van der Waals surface area contributed by atoms with Crippen LogP contribution in [-0.2, 0) is 19.9 Å². The van der Waals surface area contributed by atoms with Crippen molar-refractivity contribution in [3.63, 3.8) is 0 Å². The molecule has 6 nitrogen and oxygen atoms in total. The van der Waals surface area contributed by atoms with Gasteiger partial charge in [0.25, 0.3) is 0 Å². The molecule has 8 heteroatoms. The number of rotatable bonds is 6.